The maximum atomic E-state index is 14.9. The molecule has 0 aromatic carbocycles. The van der Waals surface area contributed by atoms with E-state index in [0.29, 0.717) is 0 Å². The van der Waals surface area contributed by atoms with Crippen LogP contribution in [0, 0.1) is 50.9 Å². The molecule has 4 fully saturated rings. The van der Waals surface area contributed by atoms with Crippen LogP contribution >= 0.6 is 0 Å². The number of carbonyl (C=O) groups excluding carboxylic acids is 2. The van der Waals surface area contributed by atoms with Gasteiger partial charge >= 0.3 is 0 Å². The summed E-state index contributed by atoms with van der Waals surface area (Å²) in [4.78, 5) is 32.0. The Bertz CT molecular complexity index is 1250. The number of nitrogens with zero attached hydrogens (tertiary/aromatic N) is 1. The molecule has 1 heterocycles. The van der Waals surface area contributed by atoms with Gasteiger partial charge in [0, 0.05) is 27.6 Å². The Hall–Kier alpha value is -1.73. The van der Waals surface area contributed by atoms with Crippen molar-refractivity contribution in [1.82, 2.24) is 0 Å². The first-order chi connectivity index (χ1) is 18.1. The van der Waals surface area contributed by atoms with Gasteiger partial charge in [-0.15, -0.1) is 0 Å². The molecule has 1 spiro atoms. The van der Waals surface area contributed by atoms with E-state index in [1.54, 1.807) is 0 Å². The number of Topliss-reactive ketones (excluding diaryl/α,β-unsaturated/α-hetero) is 1. The third kappa shape index (κ3) is 3.17. The Kier molecular flexibility index (Phi) is 6.44. The Morgan fingerprint density at radius 3 is 2.30 bits per heavy atom. The van der Waals surface area contributed by atoms with Crippen LogP contribution in [0.25, 0.3) is 4.85 Å². The summed E-state index contributed by atoms with van der Waals surface area (Å²) in [6.45, 7) is 25.9. The molecule has 4 nitrogen and oxygen atoms in total. The highest BCUT2D eigenvalue weighted by Crippen LogP contribution is 2.79. The maximum Gasteiger partial charge on any atom is 0.226 e. The molecule has 0 aromatic rings. The lowest BCUT2D eigenvalue weighted by Gasteiger charge is -2.69. The second-order valence-corrected chi connectivity index (χ2v) is 16.3. The van der Waals surface area contributed by atoms with E-state index in [2.05, 4.69) is 46.4 Å². The molecule has 4 heteroatoms. The van der Waals surface area contributed by atoms with E-state index >= 15 is 0 Å². The van der Waals surface area contributed by atoms with Gasteiger partial charge in [0.15, 0.2) is 11.6 Å². The van der Waals surface area contributed by atoms with Crippen LogP contribution in [-0.4, -0.2) is 23.3 Å². The molecule has 1 unspecified atom stereocenters. The molecule has 8 atom stereocenters. The molecule has 220 valence electrons. The Labute approximate surface area is 243 Å². The summed E-state index contributed by atoms with van der Waals surface area (Å²) < 4.78 is 7.40. The second kappa shape index (κ2) is 8.65. The number of ketones is 2. The molecule has 3 saturated carbocycles. The first-order valence-electron chi connectivity index (χ1n) is 15.7. The zero-order valence-corrected chi connectivity index (χ0v) is 25.6. The van der Waals surface area contributed by atoms with E-state index in [-0.39, 0.29) is 64.3 Å². The quantitative estimate of drug-likeness (QED) is 0.331. The summed E-state index contributed by atoms with van der Waals surface area (Å²) in [5, 5.41) is 0. The minimum atomic E-state index is -0.783. The third-order valence-electron chi connectivity index (χ3n) is 13.8. The Morgan fingerprint density at radius 2 is 1.65 bits per heavy atom. The molecule has 0 N–H and O–H groups in total. The summed E-state index contributed by atoms with van der Waals surface area (Å²) >= 11 is 0. The lowest BCUT2D eigenvalue weighted by Crippen LogP contribution is -2.71. The SMILES string of the molecule is C.[C-]#[N+]C1=C[C@]2(C)C3=CC(=O)[C@]45OC(CCCC)[C@@]6(CCC(C)(C)C[C@H]64)CC[C@@]5(C)[C@]3(C)CC[C@H]2C(C)(C)C1=O. The van der Waals surface area contributed by atoms with E-state index in [0.717, 1.165) is 56.9 Å². The number of rotatable bonds is 3. The van der Waals surface area contributed by atoms with Crippen molar-refractivity contribution in [2.75, 3.05) is 0 Å². The molecule has 5 aliphatic carbocycles. The van der Waals surface area contributed by atoms with E-state index in [4.69, 9.17) is 11.3 Å². The first kappa shape index (κ1) is 29.8. The number of fused-ring (bicyclic) bond motifs is 4. The number of carbonyl (C=O) groups is 2. The van der Waals surface area contributed by atoms with Crippen molar-refractivity contribution in [3.05, 3.63) is 34.8 Å². The van der Waals surface area contributed by atoms with Crippen LogP contribution in [0.15, 0.2) is 23.4 Å². The molecule has 0 amide bonds. The van der Waals surface area contributed by atoms with Crippen molar-refractivity contribution in [3.63, 3.8) is 0 Å². The number of ether oxygens (including phenoxy) is 1. The average Bonchev–Trinajstić information content (AvgIpc) is 3.07. The molecular weight excluding hydrogens is 494 g/mol. The summed E-state index contributed by atoms with van der Waals surface area (Å²) in [6, 6.07) is 0. The standard InChI is InChI=1S/C35H49NO3.CH4/c1-10-11-12-27-34-17-15-29(2,3)21-25(34)35(39-27)26(37)19-24-31(6)20-22(36-9)28(38)30(4,5)23(31)13-14-32(24,7)33(35,8)16-18-34;/h19-20,23,25,27H,10-18,21H2,1-8H3;1H4/t23-,25+,27?,31-,32+,33-,34-,35+;/m0./s1. The number of hydrogen-bond donors (Lipinski definition) is 0. The van der Waals surface area contributed by atoms with E-state index < -0.39 is 16.4 Å². The maximum absolute atomic E-state index is 14.9. The Balaban J connectivity index is 0.00000323. The van der Waals surface area contributed by atoms with Crippen LogP contribution in [0.4, 0.5) is 0 Å². The molecule has 40 heavy (non-hydrogen) atoms. The summed E-state index contributed by atoms with van der Waals surface area (Å²) in [5.74, 6) is 0.461. The van der Waals surface area contributed by atoms with Gasteiger partial charge in [0.1, 0.15) is 5.60 Å². The zero-order valence-electron chi connectivity index (χ0n) is 25.6. The lowest BCUT2D eigenvalue weighted by atomic mass is 9.33. The third-order valence-corrected chi connectivity index (χ3v) is 13.8. The summed E-state index contributed by atoms with van der Waals surface area (Å²) in [5.41, 5.74) is -0.744. The molecule has 1 aliphatic heterocycles. The fraction of sp³-hybridized carbons (Fsp3) is 0.806. The highest BCUT2D eigenvalue weighted by Gasteiger charge is 2.81. The van der Waals surface area contributed by atoms with Crippen molar-refractivity contribution >= 4 is 11.6 Å². The van der Waals surface area contributed by atoms with Gasteiger partial charge in [-0.1, -0.05) is 87.3 Å². The van der Waals surface area contributed by atoms with Gasteiger partial charge in [0.05, 0.1) is 12.7 Å². The van der Waals surface area contributed by atoms with Gasteiger partial charge in [-0.3, -0.25) is 4.79 Å². The fourth-order valence-corrected chi connectivity index (χ4v) is 11.5. The van der Waals surface area contributed by atoms with Gasteiger partial charge in [-0.2, -0.15) is 0 Å². The van der Waals surface area contributed by atoms with Crippen LogP contribution in [0.3, 0.4) is 0 Å². The number of unbranched alkanes of at least 4 members (excludes halogenated alkanes) is 1. The van der Waals surface area contributed by atoms with Crippen molar-refractivity contribution in [2.45, 2.75) is 139 Å². The molecule has 6 aliphatic rings. The second-order valence-electron chi connectivity index (χ2n) is 16.3. The molecular formula is C36H53NO3. The minimum absolute atomic E-state index is 0. The zero-order chi connectivity index (χ0) is 28.4. The van der Waals surface area contributed by atoms with Crippen molar-refractivity contribution in [1.29, 1.82) is 0 Å². The first-order valence-corrected chi connectivity index (χ1v) is 15.7. The van der Waals surface area contributed by atoms with E-state index in [9.17, 15) is 9.59 Å². The van der Waals surface area contributed by atoms with Crippen LogP contribution in [0.1, 0.15) is 127 Å². The predicted octanol–water partition coefficient (Wildman–Crippen LogP) is 8.91. The van der Waals surface area contributed by atoms with E-state index in [1.807, 2.05) is 26.0 Å². The average molecular weight is 548 g/mol. The highest BCUT2D eigenvalue weighted by molar-refractivity contribution is 6.04. The van der Waals surface area contributed by atoms with Crippen LogP contribution < -0.4 is 0 Å². The van der Waals surface area contributed by atoms with Gasteiger partial charge in [-0.05, 0) is 74.2 Å². The molecule has 2 bridgehead atoms. The Morgan fingerprint density at radius 1 is 0.975 bits per heavy atom. The van der Waals surface area contributed by atoms with Crippen molar-refractivity contribution in [2.24, 2.45) is 44.3 Å². The molecule has 1 saturated heterocycles. The smallest absolute Gasteiger partial charge is 0.226 e. The molecule has 6 rings (SSSR count). The van der Waals surface area contributed by atoms with Crippen LogP contribution in [0.5, 0.6) is 0 Å². The molecule has 0 aromatic heterocycles. The van der Waals surface area contributed by atoms with E-state index in [1.165, 1.54) is 12.8 Å². The molecule has 0 radical (unpaired) electrons. The number of allylic oxidation sites excluding steroid dienone is 3. The highest BCUT2D eigenvalue weighted by atomic mass is 16.5. The minimum Gasteiger partial charge on any atom is -0.362 e. The predicted molar refractivity (Wildman–Crippen MR) is 160 cm³/mol. The topological polar surface area (TPSA) is 47.7 Å². The van der Waals surface area contributed by atoms with Crippen LogP contribution in [-0.2, 0) is 14.3 Å². The monoisotopic (exact) mass is 547 g/mol. The van der Waals surface area contributed by atoms with Crippen LogP contribution in [0.2, 0.25) is 0 Å². The van der Waals surface area contributed by atoms with Gasteiger partial charge in [-0.25, -0.2) is 4.85 Å². The van der Waals surface area contributed by atoms with Gasteiger partial charge in [0.2, 0.25) is 5.70 Å². The normalized spacial score (nSPS) is 47.8. The number of hydrogen-bond acceptors (Lipinski definition) is 3. The van der Waals surface area contributed by atoms with Gasteiger partial charge < -0.3 is 9.53 Å². The van der Waals surface area contributed by atoms with Gasteiger partial charge in [0.25, 0.3) is 0 Å². The van der Waals surface area contributed by atoms with Crippen molar-refractivity contribution in [3.8, 4) is 0 Å². The summed E-state index contributed by atoms with van der Waals surface area (Å²) in [7, 11) is 0. The lowest BCUT2D eigenvalue weighted by molar-refractivity contribution is -0.208. The van der Waals surface area contributed by atoms with Crippen molar-refractivity contribution < 1.29 is 14.3 Å². The summed E-state index contributed by atoms with van der Waals surface area (Å²) in [6.07, 6.45) is 14.9. The fourth-order valence-electron chi connectivity index (χ4n) is 11.5. The largest absolute Gasteiger partial charge is 0.362 e.